The first-order valence-corrected chi connectivity index (χ1v) is 16.9. The van der Waals surface area contributed by atoms with E-state index in [4.69, 9.17) is 18.9 Å². The molecule has 238 valence electrons. The highest BCUT2D eigenvalue weighted by Crippen LogP contribution is 2.77. The second kappa shape index (κ2) is 8.45. The zero-order valence-corrected chi connectivity index (χ0v) is 28.2. The largest absolute Gasteiger partial charge is 0.393 e. The first-order chi connectivity index (χ1) is 19.2. The molecule has 2 aliphatic heterocycles. The Bertz CT molecular complexity index is 1190. The van der Waals surface area contributed by atoms with E-state index >= 15 is 0 Å². The molecule has 2 heterocycles. The fourth-order valence-corrected chi connectivity index (χ4v) is 12.6. The predicted molar refractivity (Wildman–Crippen MR) is 161 cm³/mol. The van der Waals surface area contributed by atoms with Crippen LogP contribution in [-0.4, -0.2) is 58.9 Å². The van der Waals surface area contributed by atoms with Gasteiger partial charge in [-0.1, -0.05) is 60.1 Å². The first kappa shape index (κ1) is 30.2. The summed E-state index contributed by atoms with van der Waals surface area (Å²) >= 11 is 0. The minimum absolute atomic E-state index is 0.000364. The van der Waals surface area contributed by atoms with Crippen molar-refractivity contribution in [2.24, 2.45) is 50.2 Å². The van der Waals surface area contributed by atoms with Crippen LogP contribution in [0.1, 0.15) is 115 Å². The third-order valence-corrected chi connectivity index (χ3v) is 15.0. The molecule has 12 atom stereocenters. The summed E-state index contributed by atoms with van der Waals surface area (Å²) < 4.78 is 27.4. The van der Waals surface area contributed by atoms with Gasteiger partial charge < -0.3 is 29.2 Å². The highest BCUT2D eigenvalue weighted by molar-refractivity contribution is 5.40. The van der Waals surface area contributed by atoms with Crippen molar-refractivity contribution in [2.45, 2.75) is 157 Å². The molecule has 2 saturated heterocycles. The maximum Gasteiger partial charge on any atom is 0.163 e. The lowest BCUT2D eigenvalue weighted by Crippen LogP contribution is -2.77. The highest BCUT2D eigenvalue weighted by Gasteiger charge is 2.79. The van der Waals surface area contributed by atoms with Crippen molar-refractivity contribution in [3.63, 3.8) is 0 Å². The van der Waals surface area contributed by atoms with E-state index in [1.54, 1.807) is 0 Å². The van der Waals surface area contributed by atoms with Crippen LogP contribution in [-0.2, 0) is 18.9 Å². The van der Waals surface area contributed by atoms with E-state index in [1.165, 1.54) is 5.57 Å². The minimum atomic E-state index is -0.774. The van der Waals surface area contributed by atoms with Crippen LogP contribution in [0, 0.1) is 50.2 Å². The number of hydrogen-bond acceptors (Lipinski definition) is 6. The van der Waals surface area contributed by atoms with Crippen molar-refractivity contribution in [3.8, 4) is 0 Å². The molecule has 0 radical (unpaired) electrons. The smallest absolute Gasteiger partial charge is 0.163 e. The van der Waals surface area contributed by atoms with Gasteiger partial charge in [-0.3, -0.25) is 0 Å². The molecule has 0 aromatic heterocycles. The van der Waals surface area contributed by atoms with Gasteiger partial charge in [-0.15, -0.1) is 0 Å². The Labute approximate surface area is 254 Å². The quantitative estimate of drug-likeness (QED) is 0.311. The molecule has 1 spiro atoms. The van der Waals surface area contributed by atoms with Gasteiger partial charge in [-0.05, 0) is 106 Å². The lowest BCUT2D eigenvalue weighted by atomic mass is 9.32. The van der Waals surface area contributed by atoms with Crippen molar-refractivity contribution in [2.75, 3.05) is 6.61 Å². The van der Waals surface area contributed by atoms with Crippen molar-refractivity contribution in [3.05, 3.63) is 11.6 Å². The van der Waals surface area contributed by atoms with Crippen LogP contribution >= 0.6 is 0 Å². The molecule has 7 rings (SSSR count). The van der Waals surface area contributed by atoms with Crippen LogP contribution in [0.25, 0.3) is 0 Å². The molecular formula is C36H58O6. The fourth-order valence-electron chi connectivity index (χ4n) is 12.6. The van der Waals surface area contributed by atoms with Gasteiger partial charge in [-0.25, -0.2) is 0 Å². The summed E-state index contributed by atoms with van der Waals surface area (Å²) in [5.41, 5.74) is 0.461. The molecule has 7 aliphatic rings. The van der Waals surface area contributed by atoms with E-state index in [0.29, 0.717) is 18.4 Å². The number of aliphatic hydroxyl groups excluding tert-OH is 2. The third-order valence-electron chi connectivity index (χ3n) is 15.0. The fraction of sp³-hybridized carbons (Fsp3) is 0.944. The van der Waals surface area contributed by atoms with E-state index in [9.17, 15) is 10.2 Å². The van der Waals surface area contributed by atoms with Crippen molar-refractivity contribution >= 4 is 0 Å². The molecule has 6 nitrogen and oxygen atoms in total. The van der Waals surface area contributed by atoms with Gasteiger partial charge in [0.25, 0.3) is 0 Å². The summed E-state index contributed by atoms with van der Waals surface area (Å²) in [7, 11) is 0. The van der Waals surface area contributed by atoms with E-state index in [0.717, 1.165) is 38.5 Å². The number of rotatable bonds is 0. The summed E-state index contributed by atoms with van der Waals surface area (Å²) in [6, 6.07) is 0. The maximum atomic E-state index is 12.0. The Balaban J connectivity index is 1.42. The van der Waals surface area contributed by atoms with Gasteiger partial charge in [-0.2, -0.15) is 0 Å². The van der Waals surface area contributed by atoms with Crippen molar-refractivity contribution < 1.29 is 29.2 Å². The number of allylic oxidation sites excluding steroid dienone is 1. The highest BCUT2D eigenvalue weighted by atomic mass is 16.8. The normalized spacial score (nSPS) is 56.5. The lowest BCUT2D eigenvalue weighted by molar-refractivity contribution is -0.384. The molecule has 6 heteroatoms. The predicted octanol–water partition coefficient (Wildman–Crippen LogP) is 6.62. The number of aliphatic hydroxyl groups is 2. The second-order valence-electron chi connectivity index (χ2n) is 18.5. The molecule has 0 amide bonds. The average molecular weight is 587 g/mol. The van der Waals surface area contributed by atoms with E-state index < -0.39 is 29.2 Å². The molecule has 0 aromatic carbocycles. The van der Waals surface area contributed by atoms with Gasteiger partial charge in [0.2, 0.25) is 0 Å². The second-order valence-corrected chi connectivity index (χ2v) is 18.5. The molecular weight excluding hydrogens is 528 g/mol. The summed E-state index contributed by atoms with van der Waals surface area (Å²) in [5.74, 6) is -0.382. The molecule has 42 heavy (non-hydrogen) atoms. The van der Waals surface area contributed by atoms with E-state index in [1.807, 2.05) is 13.8 Å². The Morgan fingerprint density at radius 3 is 2.07 bits per heavy atom. The molecule has 0 bridgehead atoms. The summed E-state index contributed by atoms with van der Waals surface area (Å²) in [6.07, 6.45) is 7.02. The molecule has 5 aliphatic carbocycles. The molecule has 2 N–H and O–H groups in total. The molecule has 6 fully saturated rings. The average Bonchev–Trinajstić information content (AvgIpc) is 3.21. The topological polar surface area (TPSA) is 77.4 Å². The van der Waals surface area contributed by atoms with Crippen LogP contribution in [0.3, 0.4) is 0 Å². The van der Waals surface area contributed by atoms with Gasteiger partial charge in [0, 0.05) is 5.41 Å². The number of hydrogen-bond donors (Lipinski definition) is 2. The standard InChI is InChI=1S/C36H58O6/c1-29(2)18-21-20-12-13-23-33(9)16-15-24(37)30(3,4)22(33)14-17-34(23,10)35(20,11)27-28(42-32(7,8)41-27)36(21)19-39-31(5,6)40-26(36)25(29)38/h12,21-28,37-38H,13-19H2,1-11H3. The van der Waals surface area contributed by atoms with Gasteiger partial charge >= 0.3 is 0 Å². The zero-order valence-electron chi connectivity index (χ0n) is 28.2. The van der Waals surface area contributed by atoms with Gasteiger partial charge in [0.15, 0.2) is 11.6 Å². The molecule has 0 aromatic rings. The Hall–Kier alpha value is -0.500. The van der Waals surface area contributed by atoms with Crippen LogP contribution < -0.4 is 0 Å². The van der Waals surface area contributed by atoms with Crippen LogP contribution in [0.5, 0.6) is 0 Å². The minimum Gasteiger partial charge on any atom is -0.393 e. The van der Waals surface area contributed by atoms with E-state index in [2.05, 4.69) is 68.4 Å². The van der Waals surface area contributed by atoms with Crippen molar-refractivity contribution in [1.82, 2.24) is 0 Å². The van der Waals surface area contributed by atoms with Gasteiger partial charge in [0.05, 0.1) is 42.5 Å². The third kappa shape index (κ3) is 3.44. The van der Waals surface area contributed by atoms with Crippen LogP contribution in [0.15, 0.2) is 11.6 Å². The Morgan fingerprint density at radius 2 is 1.38 bits per heavy atom. The summed E-state index contributed by atoms with van der Waals surface area (Å²) in [4.78, 5) is 0. The van der Waals surface area contributed by atoms with Crippen LogP contribution in [0.4, 0.5) is 0 Å². The SMILES string of the molecule is CC1(C)OCC23C(CC(C)(C)C(O)C2O1)C1=CCC2C4(C)CCC(O)C(C)(C)C4CCC2(C)C1(C)C1OC(C)(C)OC13. The monoisotopic (exact) mass is 586 g/mol. The zero-order chi connectivity index (χ0) is 30.7. The first-order valence-electron chi connectivity index (χ1n) is 16.9. The lowest BCUT2D eigenvalue weighted by Gasteiger charge is -2.74. The molecule has 12 unspecified atom stereocenters. The maximum absolute atomic E-state index is 12.0. The van der Waals surface area contributed by atoms with Crippen LogP contribution in [0.2, 0.25) is 0 Å². The molecule has 4 saturated carbocycles. The van der Waals surface area contributed by atoms with E-state index in [-0.39, 0.29) is 51.3 Å². The van der Waals surface area contributed by atoms with Crippen molar-refractivity contribution in [1.29, 1.82) is 0 Å². The Kier molecular flexibility index (Phi) is 6.07. The number of ether oxygens (including phenoxy) is 4. The summed E-state index contributed by atoms with van der Waals surface area (Å²) in [6.45, 7) is 25.2. The Morgan fingerprint density at radius 1 is 0.738 bits per heavy atom. The van der Waals surface area contributed by atoms with Gasteiger partial charge in [0.1, 0.15) is 0 Å². The number of fused-ring (bicyclic) bond motifs is 8. The summed E-state index contributed by atoms with van der Waals surface area (Å²) in [5, 5.41) is 23.1.